The van der Waals surface area contributed by atoms with E-state index in [1.54, 1.807) is 17.6 Å². The van der Waals surface area contributed by atoms with E-state index in [1.807, 2.05) is 20.8 Å². The number of rotatable bonds is 4. The molecule has 1 fully saturated rings. The standard InChI is InChI=1S/C15H22N2O5S2/c1-15(2,3)22-11-4-6-12(7-5-11)24(20,21)17-8-9-23-10-13(17)14(18)16-19/h4-7,13,19H,8-10H2,1-3H3,(H,16,18)/t13-/m1/s1. The summed E-state index contributed by atoms with van der Waals surface area (Å²) < 4.78 is 32.5. The molecule has 1 aliphatic heterocycles. The van der Waals surface area contributed by atoms with Crippen LogP contribution in [0.5, 0.6) is 5.75 Å². The monoisotopic (exact) mass is 374 g/mol. The summed E-state index contributed by atoms with van der Waals surface area (Å²) in [6.45, 7) is 5.93. The Morgan fingerprint density at radius 1 is 1.33 bits per heavy atom. The van der Waals surface area contributed by atoms with E-state index >= 15 is 0 Å². The van der Waals surface area contributed by atoms with Crippen molar-refractivity contribution in [2.75, 3.05) is 18.1 Å². The van der Waals surface area contributed by atoms with Crippen molar-refractivity contribution in [1.82, 2.24) is 9.79 Å². The molecule has 1 heterocycles. The summed E-state index contributed by atoms with van der Waals surface area (Å²) in [4.78, 5) is 11.9. The predicted octanol–water partition coefficient (Wildman–Crippen LogP) is 1.48. The fraction of sp³-hybridized carbons (Fsp3) is 0.533. The Kier molecular flexibility index (Phi) is 5.79. The molecule has 1 aromatic carbocycles. The van der Waals surface area contributed by atoms with E-state index in [2.05, 4.69) is 0 Å². The highest BCUT2D eigenvalue weighted by Crippen LogP contribution is 2.27. The minimum Gasteiger partial charge on any atom is -0.488 e. The van der Waals surface area contributed by atoms with Crippen LogP contribution < -0.4 is 10.2 Å². The van der Waals surface area contributed by atoms with E-state index in [9.17, 15) is 13.2 Å². The minimum atomic E-state index is -3.83. The number of thioether (sulfide) groups is 1. The van der Waals surface area contributed by atoms with Crippen LogP contribution in [0.25, 0.3) is 0 Å². The fourth-order valence-electron chi connectivity index (χ4n) is 2.33. The zero-order valence-corrected chi connectivity index (χ0v) is 15.5. The van der Waals surface area contributed by atoms with Crippen LogP contribution in [-0.4, -0.2) is 53.5 Å². The number of ether oxygens (including phenoxy) is 1. The van der Waals surface area contributed by atoms with Crippen molar-refractivity contribution < 1.29 is 23.2 Å². The molecule has 7 nitrogen and oxygen atoms in total. The molecule has 0 saturated carbocycles. The molecule has 0 aromatic heterocycles. The van der Waals surface area contributed by atoms with Gasteiger partial charge in [-0.3, -0.25) is 10.0 Å². The SMILES string of the molecule is CC(C)(C)Oc1ccc(S(=O)(=O)N2CCSC[C@@H]2C(=O)NO)cc1. The van der Waals surface area contributed by atoms with Crippen molar-refractivity contribution in [3.63, 3.8) is 0 Å². The lowest BCUT2D eigenvalue weighted by Gasteiger charge is -2.32. The van der Waals surface area contributed by atoms with Gasteiger partial charge < -0.3 is 4.74 Å². The average molecular weight is 374 g/mol. The summed E-state index contributed by atoms with van der Waals surface area (Å²) in [7, 11) is -3.83. The molecule has 0 bridgehead atoms. The van der Waals surface area contributed by atoms with Crippen molar-refractivity contribution in [3.05, 3.63) is 24.3 Å². The maximum atomic E-state index is 12.8. The summed E-state index contributed by atoms with van der Waals surface area (Å²) in [5.74, 6) is 0.745. The predicted molar refractivity (Wildman–Crippen MR) is 91.8 cm³/mol. The van der Waals surface area contributed by atoms with Gasteiger partial charge in [-0.1, -0.05) is 0 Å². The van der Waals surface area contributed by atoms with Crippen LogP contribution in [-0.2, 0) is 14.8 Å². The highest BCUT2D eigenvalue weighted by Gasteiger charge is 2.38. The Balaban J connectivity index is 2.26. The van der Waals surface area contributed by atoms with Crippen molar-refractivity contribution in [1.29, 1.82) is 0 Å². The molecule has 0 radical (unpaired) electrons. The number of sulfonamides is 1. The highest BCUT2D eigenvalue weighted by molar-refractivity contribution is 7.99. The van der Waals surface area contributed by atoms with E-state index in [-0.39, 0.29) is 17.0 Å². The summed E-state index contributed by atoms with van der Waals surface area (Å²) in [6.07, 6.45) is 0. The number of hydrogen-bond acceptors (Lipinski definition) is 6. The van der Waals surface area contributed by atoms with Crippen LogP contribution in [0, 0.1) is 0 Å². The third-order valence-corrected chi connectivity index (χ3v) is 6.29. The maximum Gasteiger partial charge on any atom is 0.262 e. The largest absolute Gasteiger partial charge is 0.488 e. The molecule has 1 saturated heterocycles. The minimum absolute atomic E-state index is 0.0893. The van der Waals surface area contributed by atoms with E-state index < -0.39 is 22.0 Å². The number of carbonyl (C=O) groups is 1. The van der Waals surface area contributed by atoms with Gasteiger partial charge in [0.15, 0.2) is 0 Å². The van der Waals surface area contributed by atoms with Crippen LogP contribution in [0.15, 0.2) is 29.2 Å². The van der Waals surface area contributed by atoms with E-state index in [1.165, 1.54) is 23.9 Å². The van der Waals surface area contributed by atoms with Gasteiger partial charge in [-0.25, -0.2) is 13.9 Å². The molecule has 1 aliphatic rings. The molecule has 2 N–H and O–H groups in total. The first-order chi connectivity index (χ1) is 11.1. The van der Waals surface area contributed by atoms with Gasteiger partial charge in [0.2, 0.25) is 10.0 Å². The number of amides is 1. The first-order valence-electron chi connectivity index (χ1n) is 7.48. The second-order valence-electron chi connectivity index (χ2n) is 6.37. The zero-order chi connectivity index (χ0) is 18.0. The van der Waals surface area contributed by atoms with Gasteiger partial charge in [0, 0.05) is 18.1 Å². The van der Waals surface area contributed by atoms with E-state index in [0.29, 0.717) is 17.3 Å². The number of nitrogens with one attached hydrogen (secondary N) is 1. The van der Waals surface area contributed by atoms with E-state index in [0.717, 1.165) is 4.31 Å². The third kappa shape index (κ3) is 4.41. The maximum absolute atomic E-state index is 12.8. The second kappa shape index (κ2) is 7.30. The number of nitrogens with zero attached hydrogens (tertiary/aromatic N) is 1. The Morgan fingerprint density at radius 3 is 2.50 bits per heavy atom. The van der Waals surface area contributed by atoms with Crippen LogP contribution in [0.4, 0.5) is 0 Å². The van der Waals surface area contributed by atoms with Gasteiger partial charge in [0.05, 0.1) is 4.90 Å². The normalized spacial score (nSPS) is 19.8. The van der Waals surface area contributed by atoms with Crippen molar-refractivity contribution >= 4 is 27.7 Å². The lowest BCUT2D eigenvalue weighted by Crippen LogP contribution is -2.53. The summed E-state index contributed by atoms with van der Waals surface area (Å²) >= 11 is 1.47. The molecule has 0 unspecified atom stereocenters. The number of hydroxylamine groups is 1. The molecule has 9 heteroatoms. The smallest absolute Gasteiger partial charge is 0.262 e. The van der Waals surface area contributed by atoms with Gasteiger partial charge in [-0.15, -0.1) is 0 Å². The second-order valence-corrected chi connectivity index (χ2v) is 9.41. The molecule has 1 amide bonds. The molecule has 0 spiro atoms. The van der Waals surface area contributed by atoms with Gasteiger partial charge >= 0.3 is 0 Å². The number of carbonyl (C=O) groups excluding carboxylic acids is 1. The third-order valence-electron chi connectivity index (χ3n) is 3.35. The first-order valence-corrected chi connectivity index (χ1v) is 10.1. The molecule has 0 aliphatic carbocycles. The van der Waals surface area contributed by atoms with Gasteiger partial charge in [-0.2, -0.15) is 16.1 Å². The van der Waals surface area contributed by atoms with Gasteiger partial charge in [0.25, 0.3) is 5.91 Å². The molecule has 2 rings (SSSR count). The van der Waals surface area contributed by atoms with Crippen LogP contribution >= 0.6 is 11.8 Å². The van der Waals surface area contributed by atoms with Crippen LogP contribution in [0.3, 0.4) is 0 Å². The van der Waals surface area contributed by atoms with Crippen molar-refractivity contribution in [2.45, 2.75) is 37.3 Å². The van der Waals surface area contributed by atoms with Crippen molar-refractivity contribution in [2.24, 2.45) is 0 Å². The molecular weight excluding hydrogens is 352 g/mol. The molecule has 1 atom stereocenters. The van der Waals surface area contributed by atoms with Gasteiger partial charge in [-0.05, 0) is 45.0 Å². The van der Waals surface area contributed by atoms with E-state index in [4.69, 9.17) is 9.94 Å². The zero-order valence-electron chi connectivity index (χ0n) is 13.9. The Bertz CT molecular complexity index is 683. The lowest BCUT2D eigenvalue weighted by atomic mass is 10.2. The van der Waals surface area contributed by atoms with Crippen molar-refractivity contribution in [3.8, 4) is 5.75 Å². The number of benzene rings is 1. The highest BCUT2D eigenvalue weighted by atomic mass is 32.2. The summed E-state index contributed by atoms with van der Waals surface area (Å²) in [6, 6.07) is 5.19. The summed E-state index contributed by atoms with van der Waals surface area (Å²) in [5.41, 5.74) is 1.16. The Labute approximate surface area is 146 Å². The lowest BCUT2D eigenvalue weighted by molar-refractivity contribution is -0.132. The summed E-state index contributed by atoms with van der Waals surface area (Å²) in [5, 5.41) is 8.84. The number of hydrogen-bond donors (Lipinski definition) is 2. The topological polar surface area (TPSA) is 95.9 Å². The molecule has 1 aromatic rings. The quantitative estimate of drug-likeness (QED) is 0.612. The van der Waals surface area contributed by atoms with Crippen LogP contribution in [0.2, 0.25) is 0 Å². The Morgan fingerprint density at radius 2 is 1.96 bits per heavy atom. The van der Waals surface area contributed by atoms with Crippen LogP contribution in [0.1, 0.15) is 20.8 Å². The fourth-order valence-corrected chi connectivity index (χ4v) is 5.17. The molecule has 134 valence electrons. The Hall–Kier alpha value is -1.29. The van der Waals surface area contributed by atoms with Gasteiger partial charge in [0.1, 0.15) is 17.4 Å². The average Bonchev–Trinajstić information content (AvgIpc) is 2.53. The molecular formula is C15H22N2O5S2. The first kappa shape index (κ1) is 19.0. The molecule has 24 heavy (non-hydrogen) atoms.